The largest absolute Gasteiger partial charge is 0.343 e. The summed E-state index contributed by atoms with van der Waals surface area (Å²) in [5.74, 6) is -1.31. The highest BCUT2D eigenvalue weighted by molar-refractivity contribution is 6.34. The van der Waals surface area contributed by atoms with Crippen LogP contribution in [0.4, 0.5) is 10.1 Å². The topological polar surface area (TPSA) is 52.7 Å². The number of rotatable bonds is 5. The number of halogens is 3. The van der Waals surface area contributed by atoms with Gasteiger partial charge in [0, 0.05) is 17.1 Å². The number of likely N-dealkylation sites (N-methyl/N-ethyl adjacent to an activating group) is 1. The van der Waals surface area contributed by atoms with Crippen LogP contribution in [-0.4, -0.2) is 43.4 Å². The van der Waals surface area contributed by atoms with E-state index in [9.17, 15) is 14.0 Å². The molecule has 0 aromatic heterocycles. The lowest BCUT2D eigenvalue weighted by atomic mass is 10.0. The highest BCUT2D eigenvalue weighted by atomic mass is 35.5. The van der Waals surface area contributed by atoms with Gasteiger partial charge in [-0.1, -0.05) is 41.4 Å². The summed E-state index contributed by atoms with van der Waals surface area (Å²) in [5.41, 5.74) is 0.687. The van der Waals surface area contributed by atoms with Gasteiger partial charge in [-0.05, 0) is 44.8 Å². The third-order valence-corrected chi connectivity index (χ3v) is 5.35. The Morgan fingerprint density at radius 1 is 1.18 bits per heavy atom. The number of para-hydroxylation sites is 1. The SMILES string of the molecule is CN(C)[C@@H](C(=O)N[C@H]1CCN(c2ccccc2Cl)C1=O)c1c(F)cccc1Cl. The van der Waals surface area contributed by atoms with E-state index in [-0.39, 0.29) is 16.5 Å². The molecule has 0 saturated carbocycles. The highest BCUT2D eigenvalue weighted by Crippen LogP contribution is 2.31. The van der Waals surface area contributed by atoms with Crippen molar-refractivity contribution in [2.75, 3.05) is 25.5 Å². The van der Waals surface area contributed by atoms with Crippen LogP contribution in [0.5, 0.6) is 0 Å². The first-order chi connectivity index (χ1) is 13.3. The zero-order chi connectivity index (χ0) is 20.4. The number of anilines is 1. The van der Waals surface area contributed by atoms with E-state index in [0.29, 0.717) is 23.7 Å². The minimum Gasteiger partial charge on any atom is -0.343 e. The van der Waals surface area contributed by atoms with Gasteiger partial charge in [0.1, 0.15) is 17.9 Å². The van der Waals surface area contributed by atoms with Crippen molar-refractivity contribution in [1.82, 2.24) is 10.2 Å². The number of hydrogen-bond acceptors (Lipinski definition) is 3. The molecule has 0 aliphatic carbocycles. The summed E-state index contributed by atoms with van der Waals surface area (Å²) in [6.45, 7) is 0.431. The Balaban J connectivity index is 1.80. The highest BCUT2D eigenvalue weighted by Gasteiger charge is 2.37. The summed E-state index contributed by atoms with van der Waals surface area (Å²) in [4.78, 5) is 28.8. The van der Waals surface area contributed by atoms with Crippen LogP contribution < -0.4 is 10.2 Å². The molecule has 0 bridgehead atoms. The number of hydrogen-bond donors (Lipinski definition) is 1. The van der Waals surface area contributed by atoms with Crippen LogP contribution in [0.1, 0.15) is 18.0 Å². The van der Waals surface area contributed by atoms with E-state index in [2.05, 4.69) is 5.32 Å². The van der Waals surface area contributed by atoms with Gasteiger partial charge in [0.2, 0.25) is 11.8 Å². The second kappa shape index (κ2) is 8.47. The average molecular weight is 424 g/mol. The van der Waals surface area contributed by atoms with Crippen LogP contribution >= 0.6 is 23.2 Å². The van der Waals surface area contributed by atoms with Gasteiger partial charge in [0.15, 0.2) is 0 Å². The van der Waals surface area contributed by atoms with Crippen LogP contribution in [0.2, 0.25) is 10.0 Å². The molecule has 0 unspecified atom stereocenters. The maximum atomic E-state index is 14.4. The molecule has 2 amide bonds. The van der Waals surface area contributed by atoms with Crippen LogP contribution in [0.25, 0.3) is 0 Å². The van der Waals surface area contributed by atoms with Crippen molar-refractivity contribution in [3.63, 3.8) is 0 Å². The molecule has 1 aliphatic rings. The molecule has 0 radical (unpaired) electrons. The molecule has 0 spiro atoms. The maximum Gasteiger partial charge on any atom is 0.249 e. The van der Waals surface area contributed by atoms with Gasteiger partial charge in [-0.15, -0.1) is 0 Å². The van der Waals surface area contributed by atoms with E-state index in [1.807, 2.05) is 0 Å². The second-order valence-corrected chi connectivity index (χ2v) is 7.61. The Kier molecular flexibility index (Phi) is 6.23. The molecule has 28 heavy (non-hydrogen) atoms. The molecular formula is C20H20Cl2FN3O2. The van der Waals surface area contributed by atoms with Crippen molar-refractivity contribution in [3.05, 3.63) is 63.9 Å². The first kappa shape index (κ1) is 20.6. The second-order valence-electron chi connectivity index (χ2n) is 6.79. The van der Waals surface area contributed by atoms with Gasteiger partial charge >= 0.3 is 0 Å². The van der Waals surface area contributed by atoms with Crippen molar-refractivity contribution in [2.24, 2.45) is 0 Å². The summed E-state index contributed by atoms with van der Waals surface area (Å²) in [7, 11) is 3.30. The van der Waals surface area contributed by atoms with Gasteiger partial charge in [-0.2, -0.15) is 0 Å². The Morgan fingerprint density at radius 2 is 1.86 bits per heavy atom. The quantitative estimate of drug-likeness (QED) is 0.798. The Labute approximate surface area is 173 Å². The van der Waals surface area contributed by atoms with Crippen molar-refractivity contribution >= 4 is 40.7 Å². The normalized spacial score (nSPS) is 17.9. The number of carbonyl (C=O) groups is 2. The number of carbonyl (C=O) groups excluding carboxylic acids is 2. The Hall–Kier alpha value is -2.15. The van der Waals surface area contributed by atoms with E-state index in [1.165, 1.54) is 18.2 Å². The minimum atomic E-state index is -0.962. The monoisotopic (exact) mass is 423 g/mol. The lowest BCUT2D eigenvalue weighted by molar-refractivity contribution is -0.129. The first-order valence-electron chi connectivity index (χ1n) is 8.78. The molecule has 2 aromatic rings. The van der Waals surface area contributed by atoms with Crippen LogP contribution in [-0.2, 0) is 9.59 Å². The lowest BCUT2D eigenvalue weighted by Gasteiger charge is -2.26. The fourth-order valence-electron chi connectivity index (χ4n) is 3.37. The lowest BCUT2D eigenvalue weighted by Crippen LogP contribution is -2.46. The third-order valence-electron chi connectivity index (χ3n) is 4.70. The number of nitrogens with one attached hydrogen (secondary N) is 1. The molecule has 2 atom stereocenters. The van der Waals surface area contributed by atoms with Crippen molar-refractivity contribution in [3.8, 4) is 0 Å². The van der Waals surface area contributed by atoms with Crippen molar-refractivity contribution < 1.29 is 14.0 Å². The van der Waals surface area contributed by atoms with Gasteiger partial charge in [-0.25, -0.2) is 4.39 Å². The average Bonchev–Trinajstić information content (AvgIpc) is 2.98. The summed E-state index contributed by atoms with van der Waals surface area (Å²) in [5, 5.41) is 3.36. The van der Waals surface area contributed by atoms with Crippen LogP contribution in [0.15, 0.2) is 42.5 Å². The zero-order valence-corrected chi connectivity index (χ0v) is 17.0. The predicted molar refractivity (Wildman–Crippen MR) is 108 cm³/mol. The Bertz CT molecular complexity index is 887. The maximum absolute atomic E-state index is 14.4. The third kappa shape index (κ3) is 3.99. The fraction of sp³-hybridized carbons (Fsp3) is 0.300. The number of amides is 2. The summed E-state index contributed by atoms with van der Waals surface area (Å²) >= 11 is 12.3. The van der Waals surface area contributed by atoms with Gasteiger partial charge in [0.05, 0.1) is 10.7 Å². The van der Waals surface area contributed by atoms with Gasteiger partial charge in [0.25, 0.3) is 0 Å². The zero-order valence-electron chi connectivity index (χ0n) is 15.5. The van der Waals surface area contributed by atoms with Crippen molar-refractivity contribution in [1.29, 1.82) is 0 Å². The van der Waals surface area contributed by atoms with E-state index in [4.69, 9.17) is 23.2 Å². The number of nitrogens with zero attached hydrogens (tertiary/aromatic N) is 2. The smallest absolute Gasteiger partial charge is 0.249 e. The Morgan fingerprint density at radius 3 is 2.50 bits per heavy atom. The molecule has 3 rings (SSSR count). The van der Waals surface area contributed by atoms with E-state index >= 15 is 0 Å². The molecule has 148 valence electrons. The molecule has 1 fully saturated rings. The first-order valence-corrected chi connectivity index (χ1v) is 9.53. The molecule has 1 aliphatic heterocycles. The molecule has 1 saturated heterocycles. The standard InChI is InChI=1S/C20H20Cl2FN3O2/c1-25(2)18(17-13(22)7-5-8-14(17)23)19(27)24-15-10-11-26(20(15)28)16-9-4-3-6-12(16)21/h3-9,15,18H,10-11H2,1-2H3,(H,24,27)/t15-,18+/m0/s1. The van der Waals surface area contributed by atoms with E-state index < -0.39 is 23.8 Å². The predicted octanol–water partition coefficient (Wildman–Crippen LogP) is 3.66. The molecule has 1 N–H and O–H groups in total. The molecule has 1 heterocycles. The van der Waals surface area contributed by atoms with Crippen LogP contribution in [0, 0.1) is 5.82 Å². The van der Waals surface area contributed by atoms with Gasteiger partial charge in [-0.3, -0.25) is 14.5 Å². The number of benzene rings is 2. The van der Waals surface area contributed by atoms with Gasteiger partial charge < -0.3 is 10.2 Å². The van der Waals surface area contributed by atoms with E-state index in [0.717, 1.165) is 0 Å². The molecule has 8 heteroatoms. The molecule has 5 nitrogen and oxygen atoms in total. The molecule has 2 aromatic carbocycles. The van der Waals surface area contributed by atoms with E-state index in [1.54, 1.807) is 48.2 Å². The summed E-state index contributed by atoms with van der Waals surface area (Å²) in [6, 6.07) is 9.63. The van der Waals surface area contributed by atoms with Crippen LogP contribution in [0.3, 0.4) is 0 Å². The minimum absolute atomic E-state index is 0.0834. The van der Waals surface area contributed by atoms with Crippen molar-refractivity contribution in [2.45, 2.75) is 18.5 Å². The fourth-order valence-corrected chi connectivity index (χ4v) is 3.87. The summed E-state index contributed by atoms with van der Waals surface area (Å²) < 4.78 is 14.4. The molecular weight excluding hydrogens is 404 g/mol. The summed E-state index contributed by atoms with van der Waals surface area (Å²) in [6.07, 6.45) is 0.431.